The van der Waals surface area contributed by atoms with Gasteiger partial charge < -0.3 is 4.90 Å². The summed E-state index contributed by atoms with van der Waals surface area (Å²) in [5.41, 5.74) is 4.54. The number of carbonyl (C=O) groups is 1. The number of nitrogens with zero attached hydrogens (tertiary/aromatic N) is 6. The lowest BCUT2D eigenvalue weighted by atomic mass is 9.95. The molecule has 0 N–H and O–H groups in total. The quantitative estimate of drug-likeness (QED) is 0.812. The number of rotatable bonds is 4. The molecule has 3 aliphatic heterocycles. The van der Waals surface area contributed by atoms with E-state index in [9.17, 15) is 4.79 Å². The van der Waals surface area contributed by atoms with Gasteiger partial charge in [0.05, 0.1) is 11.4 Å². The van der Waals surface area contributed by atoms with E-state index in [0.29, 0.717) is 17.7 Å². The first-order valence-corrected chi connectivity index (χ1v) is 10.5. The summed E-state index contributed by atoms with van der Waals surface area (Å²) in [6.45, 7) is 10.2. The van der Waals surface area contributed by atoms with Crippen LogP contribution in [0.3, 0.4) is 0 Å². The van der Waals surface area contributed by atoms with Crippen LogP contribution in [-0.4, -0.2) is 67.5 Å². The first-order valence-electron chi connectivity index (χ1n) is 10.5. The first-order chi connectivity index (χ1) is 13.4. The van der Waals surface area contributed by atoms with E-state index in [0.717, 1.165) is 48.8 Å². The van der Waals surface area contributed by atoms with Crippen LogP contribution in [0.1, 0.15) is 48.1 Å². The molecule has 3 saturated heterocycles. The van der Waals surface area contributed by atoms with Crippen LogP contribution in [0.2, 0.25) is 0 Å². The fraction of sp³-hybridized carbons (Fsp3) is 0.667. The molecule has 0 unspecified atom stereocenters. The van der Waals surface area contributed by atoms with E-state index < -0.39 is 0 Å². The largest absolute Gasteiger partial charge is 0.335 e. The van der Waals surface area contributed by atoms with Crippen molar-refractivity contribution in [2.45, 2.75) is 46.1 Å². The fourth-order valence-electron chi connectivity index (χ4n) is 5.00. The molecule has 2 bridgehead atoms. The number of hydrogen-bond donors (Lipinski definition) is 0. The minimum atomic E-state index is 0.107. The summed E-state index contributed by atoms with van der Waals surface area (Å²) in [5.74, 6) is 0.695. The van der Waals surface area contributed by atoms with Gasteiger partial charge in [-0.1, -0.05) is 6.92 Å². The lowest BCUT2D eigenvalue weighted by Crippen LogP contribution is -2.44. The summed E-state index contributed by atoms with van der Waals surface area (Å²) >= 11 is 0. The summed E-state index contributed by atoms with van der Waals surface area (Å²) < 4.78 is 3.61. The Bertz CT molecular complexity index is 882. The summed E-state index contributed by atoms with van der Waals surface area (Å²) in [5, 5.41) is 9.15. The number of aromatic nitrogens is 4. The van der Waals surface area contributed by atoms with Crippen molar-refractivity contribution >= 4 is 5.91 Å². The van der Waals surface area contributed by atoms with Gasteiger partial charge in [0.15, 0.2) is 0 Å². The first kappa shape index (κ1) is 19.2. The second kappa shape index (κ2) is 7.35. The molecule has 7 nitrogen and oxygen atoms in total. The van der Waals surface area contributed by atoms with Crippen molar-refractivity contribution < 1.29 is 4.79 Å². The minimum Gasteiger partial charge on any atom is -0.335 e. The van der Waals surface area contributed by atoms with Gasteiger partial charge in [0.2, 0.25) is 0 Å². The summed E-state index contributed by atoms with van der Waals surface area (Å²) in [4.78, 5) is 18.1. The highest BCUT2D eigenvalue weighted by molar-refractivity contribution is 5.94. The maximum Gasteiger partial charge on any atom is 0.272 e. The molecule has 2 aromatic rings. The molecule has 0 aliphatic carbocycles. The summed E-state index contributed by atoms with van der Waals surface area (Å²) in [6.07, 6.45) is 3.62. The Balaban J connectivity index is 1.60. The van der Waals surface area contributed by atoms with Crippen LogP contribution in [0.25, 0.3) is 11.3 Å². The van der Waals surface area contributed by atoms with E-state index in [1.54, 1.807) is 4.68 Å². The van der Waals surface area contributed by atoms with Crippen LogP contribution >= 0.6 is 0 Å². The van der Waals surface area contributed by atoms with E-state index in [-0.39, 0.29) is 5.91 Å². The molecule has 0 aromatic carbocycles. The highest BCUT2D eigenvalue weighted by atomic mass is 16.2. The van der Waals surface area contributed by atoms with Gasteiger partial charge in [-0.2, -0.15) is 10.2 Å². The monoisotopic (exact) mass is 384 g/mol. The van der Waals surface area contributed by atoms with Crippen molar-refractivity contribution in [1.29, 1.82) is 0 Å². The molecule has 2 atom stereocenters. The molecule has 3 fully saturated rings. The highest BCUT2D eigenvalue weighted by Gasteiger charge is 2.37. The van der Waals surface area contributed by atoms with E-state index in [1.807, 2.05) is 38.7 Å². The smallest absolute Gasteiger partial charge is 0.272 e. The Kier molecular flexibility index (Phi) is 5.04. The molecule has 152 valence electrons. The number of aryl methyl sites for hydroxylation is 3. The fourth-order valence-corrected chi connectivity index (χ4v) is 5.00. The van der Waals surface area contributed by atoms with Crippen LogP contribution < -0.4 is 0 Å². The molecular weight excluding hydrogens is 352 g/mol. The van der Waals surface area contributed by atoms with Gasteiger partial charge in [0.25, 0.3) is 5.91 Å². The Morgan fingerprint density at radius 3 is 2.57 bits per heavy atom. The highest BCUT2D eigenvalue weighted by Crippen LogP contribution is 2.30. The number of fused-ring (bicyclic) bond motifs is 4. The second-order valence-electron chi connectivity index (χ2n) is 8.51. The molecule has 5 heterocycles. The zero-order chi connectivity index (χ0) is 20.0. The predicted octanol–water partition coefficient (Wildman–Crippen LogP) is 2.38. The predicted molar refractivity (Wildman–Crippen MR) is 109 cm³/mol. The van der Waals surface area contributed by atoms with Gasteiger partial charge in [-0.05, 0) is 51.6 Å². The normalized spacial score (nSPS) is 22.7. The summed E-state index contributed by atoms with van der Waals surface area (Å²) in [7, 11) is 3.81. The van der Waals surface area contributed by atoms with E-state index in [2.05, 4.69) is 26.9 Å². The second-order valence-corrected chi connectivity index (χ2v) is 8.51. The molecule has 1 amide bonds. The lowest BCUT2D eigenvalue weighted by Gasteiger charge is -2.35. The van der Waals surface area contributed by atoms with Crippen LogP contribution in [0.4, 0.5) is 0 Å². The lowest BCUT2D eigenvalue weighted by molar-refractivity contribution is 0.0727. The molecule has 0 radical (unpaired) electrons. The molecule has 7 heteroatoms. The average molecular weight is 385 g/mol. The van der Waals surface area contributed by atoms with Crippen molar-refractivity contribution in [3.05, 3.63) is 23.1 Å². The molecule has 0 saturated carbocycles. The van der Waals surface area contributed by atoms with Gasteiger partial charge in [-0.3, -0.25) is 19.1 Å². The van der Waals surface area contributed by atoms with Crippen LogP contribution in [-0.2, 0) is 14.1 Å². The molecule has 28 heavy (non-hydrogen) atoms. The Hall–Kier alpha value is -2.15. The molecule has 3 aliphatic rings. The maximum absolute atomic E-state index is 13.4. The number of hydrogen-bond acceptors (Lipinski definition) is 4. The molecule has 0 spiro atoms. The Morgan fingerprint density at radius 1 is 1.11 bits per heavy atom. The van der Waals surface area contributed by atoms with E-state index >= 15 is 0 Å². The molecule has 5 rings (SSSR count). The third kappa shape index (κ3) is 3.26. The zero-order valence-electron chi connectivity index (χ0n) is 17.8. The Labute approximate surface area is 167 Å². The van der Waals surface area contributed by atoms with Crippen molar-refractivity contribution in [3.63, 3.8) is 0 Å². The zero-order valence-corrected chi connectivity index (χ0v) is 17.8. The summed E-state index contributed by atoms with van der Waals surface area (Å²) in [6, 6.07) is 2.44. The van der Waals surface area contributed by atoms with Crippen LogP contribution in [0.5, 0.6) is 0 Å². The minimum absolute atomic E-state index is 0.107. The van der Waals surface area contributed by atoms with Gasteiger partial charge >= 0.3 is 0 Å². The Morgan fingerprint density at radius 2 is 1.89 bits per heavy atom. The molecule has 2 aromatic heterocycles. The van der Waals surface area contributed by atoms with Gasteiger partial charge in [-0.25, -0.2) is 0 Å². The number of carbonyl (C=O) groups excluding carboxylic acids is 1. The number of piperidine rings is 1. The van der Waals surface area contributed by atoms with Crippen molar-refractivity contribution in [2.75, 3.05) is 26.2 Å². The van der Waals surface area contributed by atoms with Crippen LogP contribution in [0, 0.1) is 19.8 Å². The van der Waals surface area contributed by atoms with Crippen molar-refractivity contribution in [3.8, 4) is 11.3 Å². The number of amides is 1. The topological polar surface area (TPSA) is 59.2 Å². The third-order valence-corrected chi connectivity index (χ3v) is 6.49. The maximum atomic E-state index is 13.4. The average Bonchev–Trinajstić information content (AvgIpc) is 2.98. The van der Waals surface area contributed by atoms with Crippen molar-refractivity contribution in [1.82, 2.24) is 29.4 Å². The van der Waals surface area contributed by atoms with E-state index in [1.165, 1.54) is 19.3 Å². The third-order valence-electron chi connectivity index (χ3n) is 6.49. The van der Waals surface area contributed by atoms with Gasteiger partial charge in [0, 0.05) is 51.0 Å². The van der Waals surface area contributed by atoms with Gasteiger partial charge in [0.1, 0.15) is 5.69 Å². The van der Waals surface area contributed by atoms with Gasteiger partial charge in [-0.15, -0.1) is 0 Å². The van der Waals surface area contributed by atoms with E-state index in [4.69, 9.17) is 0 Å². The molecular formula is C21H32N6O. The van der Waals surface area contributed by atoms with Crippen molar-refractivity contribution in [2.24, 2.45) is 20.0 Å². The SMILES string of the molecule is CCCN1C[C@H]2CC[C@@H]1CN(C(=O)c1cc(-c3c(C)nn(C)c3C)nn1C)C2. The standard InChI is InChI=1S/C21H32N6O/c1-6-9-26-11-16-7-8-17(26)13-27(12-16)21(28)19-10-18(23-25(19)5)20-14(2)22-24(4)15(20)3/h10,16-17H,6-9,11-13H2,1-5H3/t16-,17-/m1/s1. The van der Waals surface area contributed by atoms with Crippen LogP contribution in [0.15, 0.2) is 6.07 Å².